The number of aliphatic hydroxyl groups is 3. The summed E-state index contributed by atoms with van der Waals surface area (Å²) in [6, 6.07) is 1.85. The Balaban J connectivity index is 0.000000214. The number of carbonyl (C=O) groups excluding carboxylic acids is 1. The molecule has 2 aliphatic heterocycles. The highest BCUT2D eigenvalue weighted by molar-refractivity contribution is 8.46. The number of anilines is 2. The second-order valence-corrected chi connectivity index (χ2v) is 22.9. The molecule has 8 rings (SSSR count). The van der Waals surface area contributed by atoms with Crippen LogP contribution in [0.25, 0.3) is 22.1 Å². The van der Waals surface area contributed by atoms with Gasteiger partial charge in [0.1, 0.15) is 50.0 Å². The van der Waals surface area contributed by atoms with Gasteiger partial charge in [-0.15, -0.1) is 0 Å². The molecular weight excluding hydrogens is 1090 g/mol. The van der Waals surface area contributed by atoms with E-state index in [1.54, 1.807) is 0 Å². The van der Waals surface area contributed by atoms with E-state index < -0.39 is 103 Å². The number of aromatic nitrogens is 6. The zero-order valence-electron chi connectivity index (χ0n) is 38.2. The summed E-state index contributed by atoms with van der Waals surface area (Å²) in [6.45, 7) is 7.35. The van der Waals surface area contributed by atoms with Gasteiger partial charge in [0, 0.05) is 24.0 Å². The lowest BCUT2D eigenvalue weighted by Gasteiger charge is -2.40. The number of carbonyl (C=O) groups is 1. The minimum Gasteiger partial charge on any atom is -0.457 e. The van der Waals surface area contributed by atoms with E-state index in [0.717, 1.165) is 4.68 Å². The molecular formula is C42H44Cl2F12N8O7S2. The lowest BCUT2D eigenvalue weighted by Crippen LogP contribution is -2.33. The Morgan fingerprint density at radius 2 is 1.15 bits per heavy atom. The number of halogens is 14. The maximum absolute atomic E-state index is 14.6. The van der Waals surface area contributed by atoms with Gasteiger partial charge >= 0.3 is 26.4 Å². The van der Waals surface area contributed by atoms with Gasteiger partial charge in [-0.05, 0) is 56.7 Å². The van der Waals surface area contributed by atoms with Gasteiger partial charge in [0.15, 0.2) is 29.9 Å². The number of hydrogen-bond acceptors (Lipinski definition) is 13. The molecule has 2 aliphatic rings. The third-order valence-corrected chi connectivity index (χ3v) is 14.7. The fraction of sp³-hybridized carbons (Fsp3) is 0.405. The minimum absolute atomic E-state index is 0.00723. The van der Waals surface area contributed by atoms with Crippen LogP contribution in [0.2, 0.25) is 10.3 Å². The van der Waals surface area contributed by atoms with E-state index in [2.05, 4.69) is 30.8 Å². The molecule has 2 aromatic carbocycles. The summed E-state index contributed by atoms with van der Waals surface area (Å²) < 4.78 is 179. The molecule has 4 aromatic heterocycles. The maximum Gasteiger partial charge on any atom is 0.310 e. The van der Waals surface area contributed by atoms with Crippen LogP contribution in [0.15, 0.2) is 70.7 Å². The maximum atomic E-state index is 14.6. The van der Waals surface area contributed by atoms with Gasteiger partial charge in [-0.25, -0.2) is 28.1 Å². The fourth-order valence-corrected chi connectivity index (χ4v) is 10.0. The molecule has 0 saturated carbocycles. The molecule has 31 heteroatoms. The number of rotatable bonds is 13. The van der Waals surface area contributed by atoms with Crippen LogP contribution in [0.5, 0.6) is 0 Å². The molecule has 0 bridgehead atoms. The van der Waals surface area contributed by atoms with E-state index in [1.807, 2.05) is 13.8 Å². The van der Waals surface area contributed by atoms with Gasteiger partial charge in [0.25, 0.3) is 0 Å². The number of esters is 1. The Morgan fingerprint density at radius 1 is 0.726 bits per heavy atom. The number of benzene rings is 2. The number of aliphatic hydroxyl groups excluding tert-OH is 3. The zero-order chi connectivity index (χ0) is 54.3. The molecule has 404 valence electrons. The highest BCUT2D eigenvalue weighted by Crippen LogP contribution is 3.02. The molecule has 0 amide bonds. The summed E-state index contributed by atoms with van der Waals surface area (Å²) in [5.41, 5.74) is 0.220. The van der Waals surface area contributed by atoms with Crippen LogP contribution in [-0.4, -0.2) is 87.9 Å². The van der Waals surface area contributed by atoms with Crippen LogP contribution in [0, 0.1) is 17.6 Å². The van der Waals surface area contributed by atoms with Crippen LogP contribution < -0.4 is 10.6 Å². The Hall–Kier alpha value is -5.01. The van der Waals surface area contributed by atoms with E-state index >= 15 is 0 Å². The van der Waals surface area contributed by atoms with E-state index in [9.17, 15) is 67.8 Å². The molecule has 6 aromatic rings. The first-order valence-corrected chi connectivity index (χ1v) is 26.2. The predicted octanol–water partition coefficient (Wildman–Crippen LogP) is 12.6. The molecule has 10 atom stereocenters. The summed E-state index contributed by atoms with van der Waals surface area (Å²) in [4.78, 5) is 15.5. The highest BCUT2D eigenvalue weighted by Gasteiger charge is 2.66. The molecule has 6 heterocycles. The van der Waals surface area contributed by atoms with Gasteiger partial charge in [-0.3, -0.25) is 4.79 Å². The van der Waals surface area contributed by atoms with E-state index in [0.29, 0.717) is 29.6 Å². The Labute approximate surface area is 416 Å². The van der Waals surface area contributed by atoms with Crippen LogP contribution in [-0.2, 0) is 19.0 Å². The van der Waals surface area contributed by atoms with Crippen molar-refractivity contribution in [2.75, 3.05) is 17.2 Å². The summed E-state index contributed by atoms with van der Waals surface area (Å²) in [7, 11) is -20.1. The monoisotopic (exact) mass is 1130 g/mol. The average Bonchev–Trinajstić information content (AvgIpc) is 4.02. The number of fused-ring (bicyclic) bond motifs is 2. The summed E-state index contributed by atoms with van der Waals surface area (Å²) in [6.07, 6.45) is -3.52. The highest BCUT2D eigenvalue weighted by atomic mass is 35.5. The normalized spacial score (nSPS) is 25.2. The molecule has 15 nitrogen and oxygen atoms in total. The molecule has 0 unspecified atom stereocenters. The molecule has 0 radical (unpaired) electrons. The van der Waals surface area contributed by atoms with Crippen LogP contribution >= 0.6 is 43.6 Å². The first-order chi connectivity index (χ1) is 33.4. The van der Waals surface area contributed by atoms with Gasteiger partial charge in [-0.2, -0.15) is 10.2 Å². The zero-order valence-corrected chi connectivity index (χ0v) is 41.4. The van der Waals surface area contributed by atoms with E-state index in [1.165, 1.54) is 50.0 Å². The van der Waals surface area contributed by atoms with Crippen LogP contribution in [0.1, 0.15) is 76.7 Å². The quantitative estimate of drug-likeness (QED) is 0.0417. The van der Waals surface area contributed by atoms with Gasteiger partial charge in [0.2, 0.25) is 0 Å². The first kappa shape index (κ1) is 55.7. The number of ether oxygens (including phenoxy) is 3. The topological polar surface area (TPSA) is 191 Å². The summed E-state index contributed by atoms with van der Waals surface area (Å²) in [5.74, 6) is -3.59. The average molecular weight is 1140 g/mol. The Bertz CT molecular complexity index is 3110. The van der Waals surface area contributed by atoms with E-state index in [-0.39, 0.29) is 80.1 Å². The van der Waals surface area contributed by atoms with Crippen molar-refractivity contribution in [3.8, 4) is 0 Å². The molecule has 0 spiro atoms. The standard InChI is InChI=1S/C23H25ClF6N4O3S.C19H19ClF6N4O4S/c1-5-19-11(2)21(36-13(4)35)23(37-19)34-22-16(10-31-34)18(9-20(24)33-22)32-12(3)15-7-6-14(8-17(15)25)38(26,27,28,29)30;1-8(10-3-2-9(4-12(10)21)35(22,23,24,25)26)28-13-5-15(20)29-18-11(13)6-27-30(18)19-17(33)16(32)14(7-31)34-19/h6-12,19,21,23H,5H2,1-4H3,(H,32,33);2-6,8,14,16-17,19,31-33H,7H2,1H3,(H,28,29)/t11-,12+,19-,21-,23-;8-,14+,16+,17+,19+/m10/s1. The van der Waals surface area contributed by atoms with Crippen molar-refractivity contribution < 1.29 is 82.0 Å². The van der Waals surface area contributed by atoms with E-state index in [4.69, 9.17) is 37.4 Å². The number of nitrogens with one attached hydrogen (secondary N) is 2. The van der Waals surface area contributed by atoms with Gasteiger partial charge in [0.05, 0.1) is 59.3 Å². The van der Waals surface area contributed by atoms with Gasteiger partial charge < -0.3 is 40.2 Å². The molecule has 73 heavy (non-hydrogen) atoms. The Morgan fingerprint density at radius 3 is 1.52 bits per heavy atom. The number of nitrogens with zero attached hydrogens (tertiary/aromatic N) is 6. The fourth-order valence-electron chi connectivity index (χ4n) is 8.36. The van der Waals surface area contributed by atoms with Crippen LogP contribution in [0.4, 0.5) is 59.0 Å². The molecule has 2 saturated heterocycles. The Kier molecular flexibility index (Phi) is 13.8. The van der Waals surface area contributed by atoms with Crippen molar-refractivity contribution in [2.45, 2.75) is 106 Å². The van der Waals surface area contributed by atoms with Crippen molar-refractivity contribution in [1.29, 1.82) is 0 Å². The van der Waals surface area contributed by atoms with Crippen molar-refractivity contribution in [3.05, 3.63) is 94.0 Å². The molecule has 0 aliphatic carbocycles. The van der Waals surface area contributed by atoms with Crippen molar-refractivity contribution in [1.82, 2.24) is 29.5 Å². The third-order valence-electron chi connectivity index (χ3n) is 12.0. The summed E-state index contributed by atoms with van der Waals surface area (Å²) in [5, 5.41) is 44.4. The first-order valence-electron chi connectivity index (χ1n) is 21.5. The summed E-state index contributed by atoms with van der Waals surface area (Å²) >= 11 is 12.3. The van der Waals surface area contributed by atoms with Crippen molar-refractivity contribution in [2.24, 2.45) is 5.92 Å². The third kappa shape index (κ3) is 11.8. The van der Waals surface area contributed by atoms with Crippen molar-refractivity contribution >= 4 is 83.1 Å². The smallest absolute Gasteiger partial charge is 0.310 e. The minimum atomic E-state index is -10.0. The van der Waals surface area contributed by atoms with Crippen LogP contribution in [0.3, 0.4) is 0 Å². The van der Waals surface area contributed by atoms with Gasteiger partial charge in [-0.1, -0.05) is 88.0 Å². The second kappa shape index (κ2) is 18.1. The largest absolute Gasteiger partial charge is 0.457 e. The predicted molar refractivity (Wildman–Crippen MR) is 247 cm³/mol. The molecule has 5 N–H and O–H groups in total. The lowest BCUT2D eigenvalue weighted by atomic mass is 9.98. The SMILES string of the molecule is CC[C@H]1O[C@@H](n2ncc3c(N[C@@H](C)c4ccc(S(F)(F)(F)(F)F)cc4F)cc(Cl)nc32)[C@H](OC(C)=O)[C@@H]1C.C[C@H](Nc1cc(Cl)nc2c1cnn2[C@@H]1O[C@H](CO)[C@@H](O)[C@H]1O)c1ccc(S(F)(F)(F)(F)F)cc1F. The second-order valence-electron chi connectivity index (χ2n) is 17.3. The number of pyridine rings is 2. The number of hydrogen-bond donors (Lipinski definition) is 5. The lowest BCUT2D eigenvalue weighted by molar-refractivity contribution is -0.154. The molecule has 2 fully saturated rings. The van der Waals surface area contributed by atoms with Crippen molar-refractivity contribution in [3.63, 3.8) is 0 Å².